The molecule has 3 aromatic rings. The molecule has 1 aliphatic carbocycles. The molecule has 0 aromatic carbocycles. The van der Waals surface area contributed by atoms with Crippen LogP contribution < -0.4 is 4.90 Å². The van der Waals surface area contributed by atoms with Crippen molar-refractivity contribution in [2.45, 2.75) is 25.8 Å². The third kappa shape index (κ3) is 2.57. The standard InChI is InChI=1S/C22H23FN8O/c1-13-7-29(21(32)22(13,12-24)15-3-4-15)20-19-17(23)6-26-31(19)11-18(27-20)14-5-25-30(8-14)16-9-28(2)10-16/h5-6,8,11,13,15-16H,3-4,7,9-10H2,1-2H3/t13-,22+/m1/s1. The van der Waals surface area contributed by atoms with Gasteiger partial charge in [0.25, 0.3) is 0 Å². The molecule has 3 aromatic heterocycles. The maximum absolute atomic E-state index is 14.7. The lowest BCUT2D eigenvalue weighted by molar-refractivity contribution is -0.124. The fraction of sp³-hybridized carbons (Fsp3) is 0.500. The molecule has 164 valence electrons. The quantitative estimate of drug-likeness (QED) is 0.624. The van der Waals surface area contributed by atoms with E-state index in [0.717, 1.165) is 37.7 Å². The Kier molecular flexibility index (Phi) is 3.99. The van der Waals surface area contributed by atoms with Gasteiger partial charge in [0.05, 0.1) is 36.4 Å². The van der Waals surface area contributed by atoms with E-state index in [0.29, 0.717) is 18.3 Å². The Morgan fingerprint density at radius 2 is 1.97 bits per heavy atom. The molecule has 2 atom stereocenters. The zero-order valence-corrected chi connectivity index (χ0v) is 17.9. The summed E-state index contributed by atoms with van der Waals surface area (Å²) in [6.07, 6.45) is 8.18. The van der Waals surface area contributed by atoms with E-state index in [9.17, 15) is 14.4 Å². The normalized spacial score (nSPS) is 26.6. The predicted molar refractivity (Wildman–Crippen MR) is 113 cm³/mol. The summed E-state index contributed by atoms with van der Waals surface area (Å²) < 4.78 is 18.1. The summed E-state index contributed by atoms with van der Waals surface area (Å²) in [5.41, 5.74) is 0.404. The van der Waals surface area contributed by atoms with Crippen LogP contribution in [0.4, 0.5) is 10.2 Å². The number of halogens is 1. The van der Waals surface area contributed by atoms with Crippen molar-refractivity contribution >= 4 is 17.2 Å². The average molecular weight is 434 g/mol. The van der Waals surface area contributed by atoms with Crippen LogP contribution >= 0.6 is 0 Å². The number of nitrogens with zero attached hydrogens (tertiary/aromatic N) is 8. The molecule has 5 heterocycles. The van der Waals surface area contributed by atoms with Crippen LogP contribution in [0.5, 0.6) is 0 Å². The summed E-state index contributed by atoms with van der Waals surface area (Å²) >= 11 is 0. The molecule has 0 bridgehead atoms. The molecule has 0 radical (unpaired) electrons. The van der Waals surface area contributed by atoms with Gasteiger partial charge in [0.2, 0.25) is 5.91 Å². The van der Waals surface area contributed by atoms with Gasteiger partial charge in [0.1, 0.15) is 10.9 Å². The number of likely N-dealkylation sites (N-methyl/N-ethyl adjacent to an activating group) is 1. The minimum atomic E-state index is -1.06. The second-order valence-corrected chi connectivity index (χ2v) is 9.39. The maximum Gasteiger partial charge on any atom is 0.249 e. The summed E-state index contributed by atoms with van der Waals surface area (Å²) in [6.45, 7) is 4.11. The molecule has 0 unspecified atom stereocenters. The van der Waals surface area contributed by atoms with Gasteiger partial charge in [-0.3, -0.25) is 14.4 Å². The topological polar surface area (TPSA) is 95.3 Å². The van der Waals surface area contributed by atoms with E-state index < -0.39 is 11.2 Å². The molecule has 1 saturated carbocycles. The van der Waals surface area contributed by atoms with E-state index in [1.165, 1.54) is 9.42 Å². The van der Waals surface area contributed by atoms with E-state index in [1.807, 2.05) is 17.8 Å². The molecule has 9 nitrogen and oxygen atoms in total. The first kappa shape index (κ1) is 19.4. The van der Waals surface area contributed by atoms with E-state index in [-0.39, 0.29) is 29.1 Å². The van der Waals surface area contributed by atoms with Crippen LogP contribution in [0.25, 0.3) is 16.8 Å². The highest BCUT2D eigenvalue weighted by Gasteiger charge is 2.61. The third-order valence-electron chi connectivity index (χ3n) is 7.24. The Labute approximate surface area is 184 Å². The summed E-state index contributed by atoms with van der Waals surface area (Å²) in [5.74, 6) is -0.720. The molecule has 6 rings (SSSR count). The van der Waals surface area contributed by atoms with Crippen molar-refractivity contribution in [2.75, 3.05) is 31.6 Å². The van der Waals surface area contributed by atoms with Crippen LogP contribution in [0.3, 0.4) is 0 Å². The van der Waals surface area contributed by atoms with Gasteiger partial charge in [-0.15, -0.1) is 0 Å². The fourth-order valence-electron chi connectivity index (χ4n) is 5.27. The number of hydrogen-bond donors (Lipinski definition) is 0. The van der Waals surface area contributed by atoms with Gasteiger partial charge in [-0.2, -0.15) is 15.5 Å². The van der Waals surface area contributed by atoms with Gasteiger partial charge in [-0.05, 0) is 25.8 Å². The van der Waals surface area contributed by atoms with Crippen molar-refractivity contribution in [1.29, 1.82) is 5.26 Å². The molecule has 3 aliphatic rings. The number of carbonyl (C=O) groups is 1. The van der Waals surface area contributed by atoms with E-state index in [2.05, 4.69) is 28.2 Å². The number of likely N-dealkylation sites (tertiary alicyclic amines) is 1. The number of carbonyl (C=O) groups excluding carboxylic acids is 1. The van der Waals surface area contributed by atoms with Gasteiger partial charge >= 0.3 is 0 Å². The maximum atomic E-state index is 14.7. The minimum absolute atomic E-state index is 0.0628. The molecular weight excluding hydrogens is 411 g/mol. The second kappa shape index (κ2) is 6.59. The predicted octanol–water partition coefficient (Wildman–Crippen LogP) is 2.12. The SMILES string of the molecule is C[C@@H]1CN(c2nc(-c3cnn(C4CN(C)C4)c3)cn3ncc(F)c23)C(=O)[C@]1(C#N)C1CC1. The van der Waals surface area contributed by atoms with Crippen LogP contribution in [0.2, 0.25) is 0 Å². The molecule has 1 amide bonds. The number of aromatic nitrogens is 5. The average Bonchev–Trinajstić information content (AvgIpc) is 3.27. The number of nitriles is 1. The summed E-state index contributed by atoms with van der Waals surface area (Å²) in [5, 5.41) is 18.6. The third-order valence-corrected chi connectivity index (χ3v) is 7.24. The number of hydrogen-bond acceptors (Lipinski definition) is 6. The Bertz CT molecular complexity index is 1280. The zero-order valence-electron chi connectivity index (χ0n) is 17.9. The minimum Gasteiger partial charge on any atom is -0.302 e. The van der Waals surface area contributed by atoms with E-state index >= 15 is 0 Å². The van der Waals surface area contributed by atoms with Crippen LogP contribution in [-0.2, 0) is 4.79 Å². The number of anilines is 1. The largest absolute Gasteiger partial charge is 0.302 e. The van der Waals surface area contributed by atoms with Crippen LogP contribution in [0, 0.1) is 34.4 Å². The lowest BCUT2D eigenvalue weighted by Gasteiger charge is -2.36. The lowest BCUT2D eigenvalue weighted by Crippen LogP contribution is -2.45. The van der Waals surface area contributed by atoms with Crippen molar-refractivity contribution in [3.8, 4) is 17.3 Å². The molecule has 32 heavy (non-hydrogen) atoms. The van der Waals surface area contributed by atoms with Gasteiger partial charge in [0.15, 0.2) is 11.6 Å². The number of amides is 1. The summed E-state index contributed by atoms with van der Waals surface area (Å²) in [4.78, 5) is 21.9. The van der Waals surface area contributed by atoms with Crippen LogP contribution in [-0.4, -0.2) is 61.9 Å². The van der Waals surface area contributed by atoms with Crippen molar-refractivity contribution in [3.63, 3.8) is 0 Å². The summed E-state index contributed by atoms with van der Waals surface area (Å²) in [7, 11) is 2.06. The van der Waals surface area contributed by atoms with Gasteiger partial charge in [-0.1, -0.05) is 6.92 Å². The van der Waals surface area contributed by atoms with Crippen LogP contribution in [0.1, 0.15) is 25.8 Å². The summed E-state index contributed by atoms with van der Waals surface area (Å²) in [6, 6.07) is 2.64. The van der Waals surface area contributed by atoms with Gasteiger partial charge in [0, 0.05) is 37.3 Å². The highest BCUT2D eigenvalue weighted by atomic mass is 19.1. The monoisotopic (exact) mass is 434 g/mol. The first-order chi connectivity index (χ1) is 15.4. The van der Waals surface area contributed by atoms with Crippen molar-refractivity contribution in [1.82, 2.24) is 29.3 Å². The Balaban J connectivity index is 1.44. The smallest absolute Gasteiger partial charge is 0.249 e. The van der Waals surface area contributed by atoms with Crippen LogP contribution in [0.15, 0.2) is 24.8 Å². The Morgan fingerprint density at radius 3 is 2.66 bits per heavy atom. The van der Waals surface area contributed by atoms with Crippen molar-refractivity contribution in [3.05, 3.63) is 30.6 Å². The van der Waals surface area contributed by atoms with Crippen molar-refractivity contribution < 1.29 is 9.18 Å². The molecule has 2 aliphatic heterocycles. The van der Waals surface area contributed by atoms with E-state index in [4.69, 9.17) is 4.98 Å². The first-order valence-electron chi connectivity index (χ1n) is 10.9. The first-order valence-corrected chi connectivity index (χ1v) is 10.9. The second-order valence-electron chi connectivity index (χ2n) is 9.39. The van der Waals surface area contributed by atoms with Gasteiger partial charge < -0.3 is 4.90 Å². The molecule has 0 spiro atoms. The zero-order chi connectivity index (χ0) is 22.2. The van der Waals surface area contributed by atoms with Gasteiger partial charge in [-0.25, -0.2) is 13.9 Å². The van der Waals surface area contributed by atoms with Crippen molar-refractivity contribution in [2.24, 2.45) is 17.3 Å². The molecule has 10 heteroatoms. The highest BCUT2D eigenvalue weighted by Crippen LogP contribution is 2.54. The number of rotatable bonds is 4. The number of fused-ring (bicyclic) bond motifs is 1. The Morgan fingerprint density at radius 1 is 1.19 bits per heavy atom. The lowest BCUT2D eigenvalue weighted by atomic mass is 9.75. The van der Waals surface area contributed by atoms with E-state index in [1.54, 1.807) is 12.4 Å². The molecule has 2 saturated heterocycles. The molecule has 0 N–H and O–H groups in total. The molecular formula is C22H23FN8O. The Hall–Kier alpha value is -3.32. The fourth-order valence-corrected chi connectivity index (χ4v) is 5.27. The highest BCUT2D eigenvalue weighted by molar-refractivity contribution is 6.04. The molecule has 3 fully saturated rings.